The first kappa shape index (κ1) is 14.1. The summed E-state index contributed by atoms with van der Waals surface area (Å²) in [5.41, 5.74) is 3.30. The predicted molar refractivity (Wildman–Crippen MR) is 84.2 cm³/mol. The molecule has 3 rings (SSSR count). The molecular weight excluding hydrogens is 315 g/mol. The molecule has 0 bridgehead atoms. The van der Waals surface area contributed by atoms with Crippen molar-refractivity contribution in [2.24, 2.45) is 0 Å². The van der Waals surface area contributed by atoms with Crippen molar-refractivity contribution in [3.8, 4) is 5.75 Å². The summed E-state index contributed by atoms with van der Waals surface area (Å²) >= 11 is 18.5. The molecule has 0 aliphatic heterocycles. The number of hydrogen-bond acceptors (Lipinski definition) is 1. The van der Waals surface area contributed by atoms with Gasteiger partial charge in [0.15, 0.2) is 0 Å². The fraction of sp³-hybridized carbons (Fsp3) is 0.250. The van der Waals surface area contributed by atoms with E-state index in [1.807, 2.05) is 30.3 Å². The fourth-order valence-corrected chi connectivity index (χ4v) is 3.29. The molecule has 1 nitrogen and oxygen atoms in total. The van der Waals surface area contributed by atoms with Gasteiger partial charge in [0, 0.05) is 15.6 Å². The summed E-state index contributed by atoms with van der Waals surface area (Å²) in [4.78, 5) is 0. The van der Waals surface area contributed by atoms with E-state index in [0.717, 1.165) is 24.2 Å². The molecule has 0 spiro atoms. The minimum Gasteiger partial charge on any atom is -0.489 e. The van der Waals surface area contributed by atoms with E-state index >= 15 is 0 Å². The van der Waals surface area contributed by atoms with Crippen LogP contribution in [0.25, 0.3) is 0 Å². The number of benzene rings is 2. The molecule has 0 saturated carbocycles. The van der Waals surface area contributed by atoms with Gasteiger partial charge in [-0.3, -0.25) is 0 Å². The molecule has 0 N–H and O–H groups in total. The Morgan fingerprint density at radius 3 is 2.60 bits per heavy atom. The average molecular weight is 328 g/mol. The Kier molecular flexibility index (Phi) is 4.11. The molecule has 0 heterocycles. The minimum absolute atomic E-state index is 0.136. The van der Waals surface area contributed by atoms with Gasteiger partial charge in [0.2, 0.25) is 0 Å². The van der Waals surface area contributed by atoms with Crippen LogP contribution in [0.3, 0.4) is 0 Å². The van der Waals surface area contributed by atoms with Crippen molar-refractivity contribution < 1.29 is 4.74 Å². The lowest BCUT2D eigenvalue weighted by atomic mass is 10.1. The normalized spacial score (nSPS) is 17.1. The van der Waals surface area contributed by atoms with Crippen LogP contribution in [0.2, 0.25) is 10.0 Å². The van der Waals surface area contributed by atoms with Crippen molar-refractivity contribution in [3.05, 3.63) is 63.1 Å². The highest BCUT2D eigenvalue weighted by Gasteiger charge is 2.20. The van der Waals surface area contributed by atoms with Gasteiger partial charge in [0.05, 0.1) is 5.38 Å². The number of rotatable bonds is 3. The molecule has 104 valence electrons. The maximum atomic E-state index is 6.23. The van der Waals surface area contributed by atoms with Crippen molar-refractivity contribution in [2.45, 2.75) is 24.8 Å². The van der Waals surface area contributed by atoms with Crippen LogP contribution in [0.15, 0.2) is 36.4 Å². The van der Waals surface area contributed by atoms with Crippen LogP contribution in [0.1, 0.15) is 28.5 Å². The van der Waals surface area contributed by atoms with E-state index in [4.69, 9.17) is 39.5 Å². The molecule has 1 aliphatic rings. The fourth-order valence-electron chi connectivity index (χ4n) is 2.46. The monoisotopic (exact) mass is 326 g/mol. The van der Waals surface area contributed by atoms with Crippen LogP contribution >= 0.6 is 34.8 Å². The summed E-state index contributed by atoms with van der Waals surface area (Å²) in [5.74, 6) is 0.825. The molecule has 0 aromatic heterocycles. The van der Waals surface area contributed by atoms with Gasteiger partial charge in [-0.15, -0.1) is 11.6 Å². The summed E-state index contributed by atoms with van der Waals surface area (Å²) < 4.78 is 5.80. The minimum atomic E-state index is 0.136. The van der Waals surface area contributed by atoms with Gasteiger partial charge >= 0.3 is 0 Å². The lowest BCUT2D eigenvalue weighted by molar-refractivity contribution is 0.306. The van der Waals surface area contributed by atoms with E-state index < -0.39 is 0 Å². The Morgan fingerprint density at radius 1 is 1.10 bits per heavy atom. The van der Waals surface area contributed by atoms with Gasteiger partial charge in [-0.25, -0.2) is 0 Å². The van der Waals surface area contributed by atoms with Crippen molar-refractivity contribution in [1.82, 2.24) is 0 Å². The topological polar surface area (TPSA) is 9.23 Å². The Morgan fingerprint density at radius 2 is 1.85 bits per heavy atom. The summed E-state index contributed by atoms with van der Waals surface area (Å²) in [6, 6.07) is 11.5. The molecule has 0 radical (unpaired) electrons. The van der Waals surface area contributed by atoms with Crippen molar-refractivity contribution in [2.75, 3.05) is 0 Å². The predicted octanol–water partition coefficient (Wildman–Crippen LogP) is 5.80. The lowest BCUT2D eigenvalue weighted by Crippen LogP contribution is -1.98. The molecule has 1 unspecified atom stereocenters. The van der Waals surface area contributed by atoms with Crippen molar-refractivity contribution >= 4 is 34.8 Å². The SMILES string of the molecule is Clc1cccc(Cl)c1COc1ccc2c(c1)CCC2Cl. The smallest absolute Gasteiger partial charge is 0.120 e. The van der Waals surface area contributed by atoms with Crippen LogP contribution in [0.5, 0.6) is 5.75 Å². The number of aryl methyl sites for hydroxylation is 1. The number of hydrogen-bond donors (Lipinski definition) is 0. The zero-order chi connectivity index (χ0) is 14.1. The van der Waals surface area contributed by atoms with Gasteiger partial charge < -0.3 is 4.74 Å². The molecule has 2 aromatic carbocycles. The van der Waals surface area contributed by atoms with Gasteiger partial charge in [-0.1, -0.05) is 35.3 Å². The second kappa shape index (κ2) is 5.85. The zero-order valence-corrected chi connectivity index (χ0v) is 13.0. The van der Waals surface area contributed by atoms with Crippen molar-refractivity contribution in [1.29, 1.82) is 0 Å². The quantitative estimate of drug-likeness (QED) is 0.647. The van der Waals surface area contributed by atoms with E-state index in [1.165, 1.54) is 11.1 Å². The maximum Gasteiger partial charge on any atom is 0.120 e. The molecule has 1 aliphatic carbocycles. The van der Waals surface area contributed by atoms with Gasteiger partial charge in [0.1, 0.15) is 12.4 Å². The van der Waals surface area contributed by atoms with Crippen LogP contribution in [0.4, 0.5) is 0 Å². The zero-order valence-electron chi connectivity index (χ0n) is 10.7. The number of alkyl halides is 1. The third-order valence-corrected chi connectivity index (χ3v) is 4.73. The van der Waals surface area contributed by atoms with Crippen molar-refractivity contribution in [3.63, 3.8) is 0 Å². The lowest BCUT2D eigenvalue weighted by Gasteiger charge is -2.11. The molecular formula is C16H13Cl3O. The van der Waals surface area contributed by atoms with E-state index in [0.29, 0.717) is 16.7 Å². The number of halogens is 3. The molecule has 20 heavy (non-hydrogen) atoms. The van der Waals surface area contributed by atoms with Gasteiger partial charge in [-0.05, 0) is 48.2 Å². The van der Waals surface area contributed by atoms with Crippen LogP contribution < -0.4 is 4.74 Å². The first-order valence-corrected chi connectivity index (χ1v) is 7.67. The third-order valence-electron chi connectivity index (χ3n) is 3.56. The largest absolute Gasteiger partial charge is 0.489 e. The Labute approximate surface area is 133 Å². The van der Waals surface area contributed by atoms with Crippen LogP contribution in [-0.4, -0.2) is 0 Å². The van der Waals surface area contributed by atoms with E-state index in [2.05, 4.69) is 6.07 Å². The highest BCUT2D eigenvalue weighted by Crippen LogP contribution is 2.38. The molecule has 2 aromatic rings. The number of fused-ring (bicyclic) bond motifs is 1. The van der Waals surface area contributed by atoms with Gasteiger partial charge in [0.25, 0.3) is 0 Å². The first-order chi connectivity index (χ1) is 9.65. The maximum absolute atomic E-state index is 6.23. The Bertz CT molecular complexity index is 619. The van der Waals surface area contributed by atoms with Crippen LogP contribution in [0, 0.1) is 0 Å². The summed E-state index contributed by atoms with van der Waals surface area (Å²) in [7, 11) is 0. The molecule has 1 atom stereocenters. The molecule has 0 saturated heterocycles. The van der Waals surface area contributed by atoms with E-state index in [1.54, 1.807) is 0 Å². The first-order valence-electron chi connectivity index (χ1n) is 6.48. The summed E-state index contributed by atoms with van der Waals surface area (Å²) in [6.07, 6.45) is 2.00. The molecule has 4 heteroatoms. The standard InChI is InChI=1S/C16H13Cl3O/c17-14-2-1-3-15(18)13(14)9-20-11-5-6-12-10(8-11)4-7-16(12)19/h1-3,5-6,8,16H,4,7,9H2. The van der Waals surface area contributed by atoms with Crippen LogP contribution in [-0.2, 0) is 13.0 Å². The van der Waals surface area contributed by atoms with E-state index in [-0.39, 0.29) is 5.38 Å². The number of ether oxygens (including phenoxy) is 1. The Hall–Kier alpha value is -0.890. The van der Waals surface area contributed by atoms with Gasteiger partial charge in [-0.2, -0.15) is 0 Å². The second-order valence-corrected chi connectivity index (χ2v) is 6.20. The molecule has 0 amide bonds. The molecule has 0 fully saturated rings. The average Bonchev–Trinajstić information content (AvgIpc) is 2.79. The summed E-state index contributed by atoms with van der Waals surface area (Å²) in [6.45, 7) is 0.363. The highest BCUT2D eigenvalue weighted by molar-refractivity contribution is 6.35. The van der Waals surface area contributed by atoms with E-state index in [9.17, 15) is 0 Å². The third kappa shape index (κ3) is 2.76. The summed E-state index contributed by atoms with van der Waals surface area (Å²) in [5, 5.41) is 1.39. The highest BCUT2D eigenvalue weighted by atomic mass is 35.5. The Balaban J connectivity index is 1.76. The second-order valence-electron chi connectivity index (χ2n) is 4.86.